The van der Waals surface area contributed by atoms with E-state index in [-0.39, 0.29) is 25.5 Å². The van der Waals surface area contributed by atoms with Crippen LogP contribution in [0.3, 0.4) is 0 Å². The number of carbonyl (C=O) groups is 5. The van der Waals surface area contributed by atoms with Crippen molar-refractivity contribution in [3.8, 4) is 22.4 Å². The summed E-state index contributed by atoms with van der Waals surface area (Å²) < 4.78 is 40.9. The predicted octanol–water partition coefficient (Wildman–Crippen LogP) is 4.98. The van der Waals surface area contributed by atoms with Crippen LogP contribution in [0.1, 0.15) is 74.6 Å². The first-order valence-electron chi connectivity index (χ1n) is 18.3. The number of hydrogen-bond acceptors (Lipinski definition) is 14. The van der Waals surface area contributed by atoms with Gasteiger partial charge in [0.25, 0.3) is 0 Å². The highest BCUT2D eigenvalue weighted by molar-refractivity contribution is 5.94. The number of hydrogen-bond donors (Lipinski definition) is 0. The Balaban J connectivity index is 1.35. The summed E-state index contributed by atoms with van der Waals surface area (Å²) in [5.74, 6) is -3.22. The first-order chi connectivity index (χ1) is 26.7. The van der Waals surface area contributed by atoms with E-state index in [1.54, 1.807) is 12.1 Å². The summed E-state index contributed by atoms with van der Waals surface area (Å²) in [6.07, 6.45) is -6.19. The van der Waals surface area contributed by atoms with Crippen molar-refractivity contribution in [2.24, 2.45) is 0 Å². The van der Waals surface area contributed by atoms with Crippen LogP contribution in [-0.4, -0.2) is 95.4 Å². The lowest BCUT2D eigenvalue weighted by Crippen LogP contribution is -2.63. The summed E-state index contributed by atoms with van der Waals surface area (Å²) in [5.41, 5.74) is 6.74. The molecular weight excluding hydrogens is 726 g/mol. The number of esters is 5. The van der Waals surface area contributed by atoms with Crippen molar-refractivity contribution in [3.05, 3.63) is 83.0 Å². The highest BCUT2D eigenvalue weighted by atomic mass is 16.7. The maximum atomic E-state index is 13.6. The van der Waals surface area contributed by atoms with Crippen molar-refractivity contribution in [1.82, 2.24) is 15.0 Å². The van der Waals surface area contributed by atoms with Gasteiger partial charge in [0.1, 0.15) is 18.4 Å². The Bertz CT molecular complexity index is 1990. The lowest BCUT2D eigenvalue weighted by molar-refractivity contribution is -0.308. The second-order valence-electron chi connectivity index (χ2n) is 13.7. The Morgan fingerprint density at radius 2 is 1.45 bits per heavy atom. The van der Waals surface area contributed by atoms with Crippen LogP contribution in [0.25, 0.3) is 22.4 Å². The van der Waals surface area contributed by atoms with Crippen molar-refractivity contribution in [3.63, 3.8) is 0 Å². The molecule has 0 radical (unpaired) electrons. The van der Waals surface area contributed by atoms with E-state index in [2.05, 4.69) is 61.4 Å². The van der Waals surface area contributed by atoms with Crippen molar-refractivity contribution >= 4 is 29.8 Å². The monoisotopic (exact) mass is 773 g/mol. The fourth-order valence-electron chi connectivity index (χ4n) is 6.54. The maximum absolute atomic E-state index is 13.6. The van der Waals surface area contributed by atoms with Crippen LogP contribution in [0, 0.1) is 6.92 Å². The average molecular weight is 774 g/mol. The third kappa shape index (κ3) is 10.3. The normalized spacial score (nSPS) is 19.3. The number of fused-ring (bicyclic) bond motifs is 1. The summed E-state index contributed by atoms with van der Waals surface area (Å²) in [5, 5.41) is 8.44. The smallest absolute Gasteiger partial charge is 0.361 e. The van der Waals surface area contributed by atoms with Gasteiger partial charge in [-0.25, -0.2) is 9.48 Å². The maximum Gasteiger partial charge on any atom is 0.361 e. The van der Waals surface area contributed by atoms with Gasteiger partial charge in [0.2, 0.25) is 0 Å². The fraction of sp³-hybridized carbons (Fsp3) is 0.439. The van der Waals surface area contributed by atoms with Crippen LogP contribution < -0.4 is 0 Å². The molecule has 1 saturated heterocycles. The zero-order chi connectivity index (χ0) is 40.5. The van der Waals surface area contributed by atoms with Gasteiger partial charge in [-0.05, 0) is 40.7 Å². The first-order valence-corrected chi connectivity index (χ1v) is 18.3. The van der Waals surface area contributed by atoms with Crippen molar-refractivity contribution in [1.29, 1.82) is 0 Å². The number of aromatic nitrogens is 3. The van der Waals surface area contributed by atoms with Crippen molar-refractivity contribution in [2.45, 2.75) is 98.1 Å². The molecule has 15 heteroatoms. The Morgan fingerprint density at radius 3 is 2.11 bits per heavy atom. The van der Waals surface area contributed by atoms with Gasteiger partial charge in [0, 0.05) is 39.7 Å². The number of carbonyl (C=O) groups excluding carboxylic acids is 5. The van der Waals surface area contributed by atoms with E-state index >= 15 is 0 Å². The lowest BCUT2D eigenvalue weighted by Gasteiger charge is -2.44. The summed E-state index contributed by atoms with van der Waals surface area (Å²) in [6.45, 7) is 10.6. The van der Waals surface area contributed by atoms with Crippen LogP contribution in [0.4, 0.5) is 0 Å². The zero-order valence-corrected chi connectivity index (χ0v) is 32.5. The van der Waals surface area contributed by atoms with E-state index in [1.165, 1.54) is 28.3 Å². The number of rotatable bonds is 15. The molecule has 2 heterocycles. The first kappa shape index (κ1) is 41.5. The molecular formula is C41H47N3O12. The molecule has 298 valence electrons. The molecule has 5 rings (SSSR count). The molecule has 2 aromatic rings. The van der Waals surface area contributed by atoms with Gasteiger partial charge in [0.05, 0.1) is 19.8 Å². The molecule has 0 unspecified atom stereocenters. The Morgan fingerprint density at radius 1 is 0.768 bits per heavy atom. The second-order valence-corrected chi connectivity index (χ2v) is 13.7. The molecule has 1 aliphatic heterocycles. The molecule has 0 spiro atoms. The van der Waals surface area contributed by atoms with E-state index in [4.69, 9.17) is 33.2 Å². The molecule has 15 nitrogen and oxygen atoms in total. The lowest BCUT2D eigenvalue weighted by atomic mass is 9.98. The van der Waals surface area contributed by atoms with Crippen LogP contribution in [0.2, 0.25) is 0 Å². The third-order valence-corrected chi connectivity index (χ3v) is 9.13. The Labute approximate surface area is 324 Å². The second kappa shape index (κ2) is 18.8. The highest BCUT2D eigenvalue weighted by Gasteiger charge is 2.52. The van der Waals surface area contributed by atoms with Gasteiger partial charge in [-0.1, -0.05) is 79.7 Å². The Hall–Kier alpha value is -5.67. The summed E-state index contributed by atoms with van der Waals surface area (Å²) in [6, 6.07) is 19.7. The van der Waals surface area contributed by atoms with Crippen LogP contribution in [-0.2, 0) is 65.3 Å². The number of benzene rings is 1. The molecule has 1 fully saturated rings. The van der Waals surface area contributed by atoms with Gasteiger partial charge in [-0.3, -0.25) is 19.2 Å². The molecule has 0 bridgehead atoms. The molecule has 1 aromatic heterocycles. The molecule has 5 atom stereocenters. The van der Waals surface area contributed by atoms with Gasteiger partial charge in [0.15, 0.2) is 30.3 Å². The van der Waals surface area contributed by atoms with Crippen molar-refractivity contribution < 1.29 is 57.1 Å². The summed E-state index contributed by atoms with van der Waals surface area (Å²) >= 11 is 0. The van der Waals surface area contributed by atoms with Crippen LogP contribution in [0.5, 0.6) is 0 Å². The molecule has 3 aliphatic rings. The average Bonchev–Trinajstić information content (AvgIpc) is 3.67. The predicted molar refractivity (Wildman–Crippen MR) is 199 cm³/mol. The van der Waals surface area contributed by atoms with Crippen molar-refractivity contribution in [2.75, 3.05) is 19.8 Å². The van der Waals surface area contributed by atoms with Crippen LogP contribution >= 0.6 is 0 Å². The molecule has 1 aromatic carbocycles. The number of ether oxygens (including phenoxy) is 7. The standard InChI is InChI=1S/C41H47N3O12/c1-23(2)31-15-14-29(32-16-13-24(3)33(32)21-31)17-19-50-40(49)35-36(30-11-9-8-10-12-30)44(43-42-35)18-20-51-41-39(55-28(7)48)38(54-27(6)47)37(53-26(5)46)34(56-41)22-52-25(4)45/h8-16,21,23,34,37-39,41H,17-20,22H2,1-7H3/t34-,37-,38+,39+,41+/m1/s1. The zero-order valence-electron chi connectivity index (χ0n) is 32.5. The minimum Gasteiger partial charge on any atom is -0.463 e. The van der Waals surface area contributed by atoms with Gasteiger partial charge in [-0.15, -0.1) is 5.10 Å². The molecule has 2 aliphatic carbocycles. The van der Waals surface area contributed by atoms with E-state index in [1.807, 2.05) is 18.2 Å². The van der Waals surface area contributed by atoms with E-state index < -0.39 is 67.2 Å². The SMILES string of the molecule is CC(=O)OC[C@H]1O[C@H](OCCn2nnc(C(=O)OCCc3ccc(C(C)C)cc4c(C)ccc3-4)c2-c2ccccc2)[C@@H](OC(C)=O)[C@@H](OC(C)=O)[C@@H]1OC(C)=O. The third-order valence-electron chi connectivity index (χ3n) is 9.13. The summed E-state index contributed by atoms with van der Waals surface area (Å²) in [7, 11) is 0. The number of aryl methyl sites for hydroxylation is 1. The quantitative estimate of drug-likeness (QED) is 0.117. The highest BCUT2D eigenvalue weighted by Crippen LogP contribution is 2.34. The summed E-state index contributed by atoms with van der Waals surface area (Å²) in [4.78, 5) is 61.8. The Kier molecular flexibility index (Phi) is 13.9. The van der Waals surface area contributed by atoms with E-state index in [0.29, 0.717) is 23.6 Å². The molecule has 0 amide bonds. The fourth-order valence-corrected chi connectivity index (χ4v) is 6.54. The minimum atomic E-state index is -1.40. The topological polar surface area (TPSA) is 181 Å². The van der Waals surface area contributed by atoms with Crippen LogP contribution in [0.15, 0.2) is 60.7 Å². The van der Waals surface area contributed by atoms with Gasteiger partial charge < -0.3 is 33.2 Å². The van der Waals surface area contributed by atoms with Gasteiger partial charge in [-0.2, -0.15) is 0 Å². The largest absolute Gasteiger partial charge is 0.463 e. The number of nitrogens with zero attached hydrogens (tertiary/aromatic N) is 3. The minimum absolute atomic E-state index is 0.00138. The van der Waals surface area contributed by atoms with E-state index in [0.717, 1.165) is 31.9 Å². The molecule has 56 heavy (non-hydrogen) atoms. The molecule has 0 N–H and O–H groups in total. The van der Waals surface area contributed by atoms with Gasteiger partial charge >= 0.3 is 29.8 Å². The van der Waals surface area contributed by atoms with E-state index in [9.17, 15) is 24.0 Å². The molecule has 0 saturated carbocycles.